The third kappa shape index (κ3) is 3.50. The molecule has 1 aliphatic rings. The van der Waals surface area contributed by atoms with Gasteiger partial charge in [-0.25, -0.2) is 0 Å². The van der Waals surface area contributed by atoms with Crippen molar-refractivity contribution in [3.05, 3.63) is 70.6 Å². The van der Waals surface area contributed by atoms with Crippen molar-refractivity contribution in [2.75, 3.05) is 0 Å². The van der Waals surface area contributed by atoms with E-state index in [0.717, 1.165) is 16.7 Å². The summed E-state index contributed by atoms with van der Waals surface area (Å²) in [5, 5.41) is 4.18. The minimum atomic E-state index is -0.161. The Bertz CT molecular complexity index is 975. The van der Waals surface area contributed by atoms with Crippen molar-refractivity contribution in [3.63, 3.8) is 0 Å². The zero-order valence-corrected chi connectivity index (χ0v) is 15.9. The highest BCUT2D eigenvalue weighted by Gasteiger charge is 2.36. The number of benzene rings is 2. The Morgan fingerprint density at radius 1 is 1.07 bits per heavy atom. The molecule has 1 aliphatic heterocycles. The van der Waals surface area contributed by atoms with E-state index < -0.39 is 0 Å². The molecule has 1 unspecified atom stereocenters. The van der Waals surface area contributed by atoms with E-state index in [9.17, 15) is 4.79 Å². The summed E-state index contributed by atoms with van der Waals surface area (Å²) in [6.45, 7) is 6.72. The lowest BCUT2D eigenvalue weighted by Crippen LogP contribution is -2.27. The first kappa shape index (κ1) is 17.5. The maximum atomic E-state index is 12.4. The number of rotatable bonds is 4. The second-order valence-electron chi connectivity index (χ2n) is 7.34. The Kier molecular flexibility index (Phi) is 4.52. The summed E-state index contributed by atoms with van der Waals surface area (Å²) in [6.07, 6.45) is 1.22. The number of aromatic nitrogens is 2. The van der Waals surface area contributed by atoms with Gasteiger partial charge in [-0.1, -0.05) is 58.7 Å². The lowest BCUT2D eigenvalue weighted by Gasteiger charge is -2.22. The number of amides is 1. The molecule has 1 aromatic heterocycles. The van der Waals surface area contributed by atoms with Crippen molar-refractivity contribution in [1.82, 2.24) is 15.0 Å². The predicted molar refractivity (Wildman–Crippen MR) is 103 cm³/mol. The van der Waals surface area contributed by atoms with Crippen molar-refractivity contribution in [3.8, 4) is 11.4 Å². The number of hydrogen-bond acceptors (Lipinski definition) is 4. The SMILES string of the molecule is Cc1ccc(CN2C(=O)CCC2c2nc(-c3ccc(C)cc3C)no2)cc1. The highest BCUT2D eigenvalue weighted by Crippen LogP contribution is 2.34. The van der Waals surface area contributed by atoms with Crippen LogP contribution in [0.5, 0.6) is 0 Å². The van der Waals surface area contributed by atoms with E-state index in [2.05, 4.69) is 54.3 Å². The van der Waals surface area contributed by atoms with Gasteiger partial charge in [-0.15, -0.1) is 0 Å². The molecule has 0 radical (unpaired) electrons. The summed E-state index contributed by atoms with van der Waals surface area (Å²) >= 11 is 0. The summed E-state index contributed by atoms with van der Waals surface area (Å²) in [5.41, 5.74) is 5.59. The summed E-state index contributed by atoms with van der Waals surface area (Å²) in [5.74, 6) is 1.23. The van der Waals surface area contributed by atoms with Crippen LogP contribution in [0.15, 0.2) is 47.0 Å². The van der Waals surface area contributed by atoms with E-state index in [0.29, 0.717) is 31.1 Å². The first-order chi connectivity index (χ1) is 13.0. The Morgan fingerprint density at radius 3 is 2.56 bits per heavy atom. The van der Waals surface area contributed by atoms with E-state index in [1.54, 1.807) is 0 Å². The highest BCUT2D eigenvalue weighted by molar-refractivity contribution is 5.78. The summed E-state index contributed by atoms with van der Waals surface area (Å²) in [4.78, 5) is 18.9. The maximum Gasteiger partial charge on any atom is 0.249 e. The van der Waals surface area contributed by atoms with Crippen molar-refractivity contribution in [2.45, 2.75) is 46.2 Å². The monoisotopic (exact) mass is 361 g/mol. The van der Waals surface area contributed by atoms with E-state index in [1.165, 1.54) is 11.1 Å². The molecule has 2 heterocycles. The molecular formula is C22H23N3O2. The van der Waals surface area contributed by atoms with Crippen molar-refractivity contribution < 1.29 is 9.32 Å². The number of likely N-dealkylation sites (tertiary alicyclic amines) is 1. The molecule has 5 heteroatoms. The second kappa shape index (κ2) is 6.99. The van der Waals surface area contributed by atoms with Gasteiger partial charge in [0.1, 0.15) is 6.04 Å². The zero-order chi connectivity index (χ0) is 19.0. The number of aryl methyl sites for hydroxylation is 3. The third-order valence-corrected chi connectivity index (χ3v) is 5.15. The average Bonchev–Trinajstić information content (AvgIpc) is 3.24. The maximum absolute atomic E-state index is 12.4. The van der Waals surface area contributed by atoms with Crippen LogP contribution in [0.25, 0.3) is 11.4 Å². The molecule has 1 amide bonds. The van der Waals surface area contributed by atoms with Gasteiger partial charge in [-0.05, 0) is 38.3 Å². The third-order valence-electron chi connectivity index (χ3n) is 5.15. The lowest BCUT2D eigenvalue weighted by molar-refractivity contribution is -0.129. The molecule has 0 N–H and O–H groups in total. The summed E-state index contributed by atoms with van der Waals surface area (Å²) in [7, 11) is 0. The number of carbonyl (C=O) groups is 1. The van der Waals surface area contributed by atoms with Gasteiger partial charge in [0.15, 0.2) is 0 Å². The Balaban J connectivity index is 1.59. The number of carbonyl (C=O) groups excluding carboxylic acids is 1. The van der Waals surface area contributed by atoms with Crippen LogP contribution in [-0.4, -0.2) is 20.9 Å². The van der Waals surface area contributed by atoms with Gasteiger partial charge in [-0.3, -0.25) is 4.79 Å². The van der Waals surface area contributed by atoms with Gasteiger partial charge in [0, 0.05) is 18.5 Å². The zero-order valence-electron chi connectivity index (χ0n) is 15.9. The molecule has 4 rings (SSSR count). The Hall–Kier alpha value is -2.95. The van der Waals surface area contributed by atoms with Crippen LogP contribution in [0.2, 0.25) is 0 Å². The van der Waals surface area contributed by atoms with Gasteiger partial charge in [0.25, 0.3) is 0 Å². The van der Waals surface area contributed by atoms with Crippen LogP contribution in [0.1, 0.15) is 47.0 Å². The van der Waals surface area contributed by atoms with E-state index >= 15 is 0 Å². The fourth-order valence-corrected chi connectivity index (χ4v) is 3.62. The molecular weight excluding hydrogens is 338 g/mol. The topological polar surface area (TPSA) is 59.2 Å². The van der Waals surface area contributed by atoms with Gasteiger partial charge < -0.3 is 9.42 Å². The van der Waals surface area contributed by atoms with Gasteiger partial charge >= 0.3 is 0 Å². The molecule has 0 bridgehead atoms. The molecule has 1 atom stereocenters. The molecule has 2 aromatic carbocycles. The fourth-order valence-electron chi connectivity index (χ4n) is 3.62. The molecule has 1 saturated heterocycles. The summed E-state index contributed by atoms with van der Waals surface area (Å²) in [6, 6.07) is 14.3. The minimum Gasteiger partial charge on any atom is -0.337 e. The van der Waals surface area contributed by atoms with Crippen LogP contribution >= 0.6 is 0 Å². The predicted octanol–water partition coefficient (Wildman–Crippen LogP) is 4.53. The van der Waals surface area contributed by atoms with E-state index in [1.807, 2.05) is 24.0 Å². The van der Waals surface area contributed by atoms with Gasteiger partial charge in [-0.2, -0.15) is 4.98 Å². The summed E-state index contributed by atoms with van der Waals surface area (Å²) < 4.78 is 5.57. The van der Waals surface area contributed by atoms with Crippen LogP contribution in [0.4, 0.5) is 0 Å². The average molecular weight is 361 g/mol. The molecule has 5 nitrogen and oxygen atoms in total. The molecule has 27 heavy (non-hydrogen) atoms. The molecule has 138 valence electrons. The Labute approximate surface area is 159 Å². The molecule has 0 aliphatic carbocycles. The normalized spacial score (nSPS) is 16.9. The van der Waals surface area contributed by atoms with Crippen molar-refractivity contribution in [1.29, 1.82) is 0 Å². The van der Waals surface area contributed by atoms with Crippen LogP contribution in [0.3, 0.4) is 0 Å². The smallest absolute Gasteiger partial charge is 0.249 e. The fraction of sp³-hybridized carbons (Fsp3) is 0.318. The minimum absolute atomic E-state index is 0.131. The molecule has 3 aromatic rings. The second-order valence-corrected chi connectivity index (χ2v) is 7.34. The van der Waals surface area contributed by atoms with Crippen LogP contribution in [0, 0.1) is 20.8 Å². The molecule has 0 spiro atoms. The number of nitrogens with zero attached hydrogens (tertiary/aromatic N) is 3. The molecule has 1 fully saturated rings. The highest BCUT2D eigenvalue weighted by atomic mass is 16.5. The first-order valence-electron chi connectivity index (χ1n) is 9.27. The van der Waals surface area contributed by atoms with Crippen LogP contribution < -0.4 is 0 Å². The Morgan fingerprint density at radius 2 is 1.81 bits per heavy atom. The van der Waals surface area contributed by atoms with Gasteiger partial charge in [0.2, 0.25) is 17.6 Å². The lowest BCUT2D eigenvalue weighted by atomic mass is 10.1. The quantitative estimate of drug-likeness (QED) is 0.685. The van der Waals surface area contributed by atoms with E-state index in [-0.39, 0.29) is 11.9 Å². The first-order valence-corrected chi connectivity index (χ1v) is 9.27. The van der Waals surface area contributed by atoms with Crippen molar-refractivity contribution in [2.24, 2.45) is 0 Å². The largest absolute Gasteiger partial charge is 0.337 e. The van der Waals surface area contributed by atoms with Crippen molar-refractivity contribution >= 4 is 5.91 Å². The van der Waals surface area contributed by atoms with E-state index in [4.69, 9.17) is 4.52 Å². The van der Waals surface area contributed by atoms with Gasteiger partial charge in [0.05, 0.1) is 0 Å². The van der Waals surface area contributed by atoms with Crippen LogP contribution in [-0.2, 0) is 11.3 Å². The number of hydrogen-bond donors (Lipinski definition) is 0. The molecule has 0 saturated carbocycles. The standard InChI is InChI=1S/C22H23N3O2/c1-14-4-7-17(8-5-14)13-25-19(10-11-20(25)26)22-23-21(24-27-22)18-9-6-15(2)12-16(18)3/h4-9,12,19H,10-11,13H2,1-3H3.